The van der Waals surface area contributed by atoms with Gasteiger partial charge in [0.15, 0.2) is 5.78 Å². The van der Waals surface area contributed by atoms with E-state index in [2.05, 4.69) is 10.6 Å². The van der Waals surface area contributed by atoms with Crippen LogP contribution < -0.4 is 16.4 Å². The summed E-state index contributed by atoms with van der Waals surface area (Å²) < 4.78 is 0. The van der Waals surface area contributed by atoms with Crippen LogP contribution in [0.15, 0.2) is 0 Å². The highest BCUT2D eigenvalue weighted by molar-refractivity contribution is 5.92. The van der Waals surface area contributed by atoms with E-state index >= 15 is 0 Å². The summed E-state index contributed by atoms with van der Waals surface area (Å²) in [6.45, 7) is 2.95. The first-order valence-electron chi connectivity index (χ1n) is 4.64. The van der Waals surface area contributed by atoms with Crippen LogP contribution in [0.1, 0.15) is 20.3 Å². The lowest BCUT2D eigenvalue weighted by Crippen LogP contribution is -2.48. The van der Waals surface area contributed by atoms with Gasteiger partial charge in [-0.25, -0.2) is 0 Å². The molecule has 86 valence electrons. The Morgan fingerprint density at radius 2 is 1.87 bits per heavy atom. The molecular formula is C9H17N3O3. The number of ketones is 1. The number of primary amides is 1. The number of carbonyl (C=O) groups excluding carboxylic acids is 3. The van der Waals surface area contributed by atoms with Crippen molar-refractivity contribution in [1.29, 1.82) is 0 Å². The van der Waals surface area contributed by atoms with E-state index in [-0.39, 0.29) is 18.1 Å². The molecule has 0 unspecified atom stereocenters. The standard InChI is InChI=1S/C9H17N3O3/c1-5(11-3)9(15)12-7(6(2)13)4-8(10)14/h5,7,11H,4H2,1-3H3,(H2,10,14)(H,12,15)/t5-,7-/m0/s1. The lowest BCUT2D eigenvalue weighted by molar-refractivity contribution is -0.129. The Morgan fingerprint density at radius 1 is 1.33 bits per heavy atom. The zero-order chi connectivity index (χ0) is 12.0. The smallest absolute Gasteiger partial charge is 0.237 e. The van der Waals surface area contributed by atoms with Crippen LogP contribution in [0.2, 0.25) is 0 Å². The Bertz CT molecular complexity index is 265. The summed E-state index contributed by atoms with van der Waals surface area (Å²) in [5.74, 6) is -1.24. The fraction of sp³-hybridized carbons (Fsp3) is 0.667. The summed E-state index contributed by atoms with van der Waals surface area (Å²) in [5, 5.41) is 5.17. The van der Waals surface area contributed by atoms with Gasteiger partial charge in [0.2, 0.25) is 11.8 Å². The van der Waals surface area contributed by atoms with E-state index in [0.29, 0.717) is 0 Å². The molecule has 0 heterocycles. The van der Waals surface area contributed by atoms with Crippen molar-refractivity contribution in [2.75, 3.05) is 7.05 Å². The predicted molar refractivity (Wildman–Crippen MR) is 54.9 cm³/mol. The molecule has 0 bridgehead atoms. The summed E-state index contributed by atoms with van der Waals surface area (Å²) in [6.07, 6.45) is -0.169. The SMILES string of the molecule is CN[C@@H](C)C(=O)N[C@@H](CC(N)=O)C(C)=O. The van der Waals surface area contributed by atoms with Crippen LogP contribution in [0.25, 0.3) is 0 Å². The summed E-state index contributed by atoms with van der Waals surface area (Å²) in [4.78, 5) is 33.1. The van der Waals surface area contributed by atoms with Crippen molar-refractivity contribution in [3.8, 4) is 0 Å². The van der Waals surface area contributed by atoms with E-state index < -0.39 is 18.0 Å². The molecule has 0 rings (SSSR count). The topological polar surface area (TPSA) is 101 Å². The van der Waals surface area contributed by atoms with Crippen molar-refractivity contribution in [2.24, 2.45) is 5.73 Å². The Morgan fingerprint density at radius 3 is 2.20 bits per heavy atom. The lowest BCUT2D eigenvalue weighted by atomic mass is 10.1. The Hall–Kier alpha value is -1.43. The molecule has 0 spiro atoms. The molecule has 0 aromatic rings. The van der Waals surface area contributed by atoms with Gasteiger partial charge in [-0.15, -0.1) is 0 Å². The number of nitrogens with one attached hydrogen (secondary N) is 2. The van der Waals surface area contributed by atoms with E-state index in [0.717, 1.165) is 0 Å². The molecule has 0 aliphatic heterocycles. The van der Waals surface area contributed by atoms with E-state index in [9.17, 15) is 14.4 Å². The maximum absolute atomic E-state index is 11.4. The van der Waals surface area contributed by atoms with Gasteiger partial charge in [-0.05, 0) is 20.9 Å². The maximum atomic E-state index is 11.4. The van der Waals surface area contributed by atoms with E-state index in [4.69, 9.17) is 5.73 Å². The largest absolute Gasteiger partial charge is 0.370 e. The van der Waals surface area contributed by atoms with Gasteiger partial charge in [0.25, 0.3) is 0 Å². The average molecular weight is 215 g/mol. The number of hydrogen-bond acceptors (Lipinski definition) is 4. The number of amides is 2. The quantitative estimate of drug-likeness (QED) is 0.504. The molecule has 2 atom stereocenters. The molecule has 4 N–H and O–H groups in total. The Balaban J connectivity index is 4.35. The summed E-state index contributed by atoms with van der Waals surface area (Å²) in [7, 11) is 1.63. The van der Waals surface area contributed by atoms with Crippen LogP contribution in [-0.4, -0.2) is 36.7 Å². The molecule has 0 aromatic heterocycles. The van der Waals surface area contributed by atoms with Crippen LogP contribution in [0.4, 0.5) is 0 Å². The molecule has 0 saturated carbocycles. The molecule has 0 aliphatic carbocycles. The van der Waals surface area contributed by atoms with Gasteiger partial charge in [-0.2, -0.15) is 0 Å². The third kappa shape index (κ3) is 5.11. The second-order valence-corrected chi connectivity index (χ2v) is 3.35. The third-order valence-electron chi connectivity index (χ3n) is 2.04. The second-order valence-electron chi connectivity index (χ2n) is 3.35. The maximum Gasteiger partial charge on any atom is 0.237 e. The van der Waals surface area contributed by atoms with Gasteiger partial charge in [0.1, 0.15) is 0 Å². The van der Waals surface area contributed by atoms with Gasteiger partial charge >= 0.3 is 0 Å². The summed E-state index contributed by atoms with van der Waals surface area (Å²) in [6, 6.07) is -1.24. The van der Waals surface area contributed by atoms with Gasteiger partial charge in [-0.3, -0.25) is 14.4 Å². The summed E-state index contributed by atoms with van der Waals surface area (Å²) in [5.41, 5.74) is 4.96. The Kier molecular flexibility index (Phi) is 5.54. The minimum absolute atomic E-state index is 0.169. The minimum atomic E-state index is -0.828. The van der Waals surface area contributed by atoms with E-state index in [1.54, 1.807) is 14.0 Å². The zero-order valence-electron chi connectivity index (χ0n) is 9.16. The first-order chi connectivity index (χ1) is 6.88. The number of hydrogen-bond donors (Lipinski definition) is 3. The van der Waals surface area contributed by atoms with Gasteiger partial charge in [-0.1, -0.05) is 0 Å². The van der Waals surface area contributed by atoms with Crippen LogP contribution in [0, 0.1) is 0 Å². The number of Topliss-reactive ketones (excluding diaryl/α,β-unsaturated/α-hetero) is 1. The molecule has 6 nitrogen and oxygen atoms in total. The second kappa shape index (κ2) is 6.13. The molecule has 0 saturated heterocycles. The highest BCUT2D eigenvalue weighted by atomic mass is 16.2. The molecule has 0 radical (unpaired) electrons. The Labute approximate surface area is 88.6 Å². The lowest BCUT2D eigenvalue weighted by Gasteiger charge is -2.17. The third-order valence-corrected chi connectivity index (χ3v) is 2.04. The first kappa shape index (κ1) is 13.6. The van der Waals surface area contributed by atoms with Crippen LogP contribution in [0.5, 0.6) is 0 Å². The van der Waals surface area contributed by atoms with Gasteiger partial charge in [0, 0.05) is 0 Å². The first-order valence-corrected chi connectivity index (χ1v) is 4.64. The molecule has 2 amide bonds. The van der Waals surface area contributed by atoms with Crippen molar-refractivity contribution in [1.82, 2.24) is 10.6 Å². The van der Waals surface area contributed by atoms with E-state index in [1.807, 2.05) is 0 Å². The molecule has 15 heavy (non-hydrogen) atoms. The highest BCUT2D eigenvalue weighted by Gasteiger charge is 2.21. The highest BCUT2D eigenvalue weighted by Crippen LogP contribution is 1.94. The fourth-order valence-electron chi connectivity index (χ4n) is 0.925. The van der Waals surface area contributed by atoms with Crippen LogP contribution in [0.3, 0.4) is 0 Å². The number of rotatable bonds is 6. The molecule has 0 fully saturated rings. The zero-order valence-corrected chi connectivity index (χ0v) is 9.16. The van der Waals surface area contributed by atoms with Crippen LogP contribution >= 0.6 is 0 Å². The molecule has 0 aliphatic rings. The normalized spacial score (nSPS) is 14.1. The average Bonchev–Trinajstić information content (AvgIpc) is 2.14. The molecular weight excluding hydrogens is 198 g/mol. The van der Waals surface area contributed by atoms with Crippen molar-refractivity contribution in [3.63, 3.8) is 0 Å². The number of carbonyl (C=O) groups is 3. The monoisotopic (exact) mass is 215 g/mol. The number of nitrogens with two attached hydrogens (primary N) is 1. The molecule has 6 heteroatoms. The van der Waals surface area contributed by atoms with Crippen LogP contribution in [-0.2, 0) is 14.4 Å². The van der Waals surface area contributed by atoms with Crippen molar-refractivity contribution in [3.05, 3.63) is 0 Å². The molecule has 0 aromatic carbocycles. The minimum Gasteiger partial charge on any atom is -0.370 e. The summed E-state index contributed by atoms with van der Waals surface area (Å²) >= 11 is 0. The number of likely N-dealkylation sites (N-methyl/N-ethyl adjacent to an activating group) is 1. The fourth-order valence-corrected chi connectivity index (χ4v) is 0.925. The van der Waals surface area contributed by atoms with Gasteiger partial charge in [0.05, 0.1) is 18.5 Å². The van der Waals surface area contributed by atoms with Crippen molar-refractivity contribution >= 4 is 17.6 Å². The predicted octanol–water partition coefficient (Wildman–Crippen LogP) is -1.46. The van der Waals surface area contributed by atoms with Crippen molar-refractivity contribution in [2.45, 2.75) is 32.4 Å². The van der Waals surface area contributed by atoms with Gasteiger partial charge < -0.3 is 16.4 Å². The van der Waals surface area contributed by atoms with Crippen molar-refractivity contribution < 1.29 is 14.4 Å². The van der Waals surface area contributed by atoms with E-state index in [1.165, 1.54) is 6.92 Å².